The van der Waals surface area contributed by atoms with Crippen LogP contribution in [0, 0.1) is 5.92 Å². The molecule has 1 aromatic heterocycles. The normalized spacial score (nSPS) is 21.3. The number of benzene rings is 6. The molecule has 0 spiro atoms. The van der Waals surface area contributed by atoms with Crippen molar-refractivity contribution in [2.24, 2.45) is 5.92 Å². The Morgan fingerprint density at radius 1 is 0.656 bits per heavy atom. The second kappa shape index (κ2) is 13.5. The maximum atomic E-state index is 2.54. The molecule has 0 saturated carbocycles. The Morgan fingerprint density at radius 3 is 2.30 bits per heavy atom. The Hall–Kier alpha value is -6.44. The Labute approximate surface area is 360 Å². The van der Waals surface area contributed by atoms with Gasteiger partial charge in [-0.15, -0.1) is 0 Å². The quantitative estimate of drug-likeness (QED) is 0.158. The van der Waals surface area contributed by atoms with E-state index in [1.54, 1.807) is 0 Å². The molecule has 0 bridgehead atoms. The van der Waals surface area contributed by atoms with E-state index in [1.807, 2.05) is 0 Å². The molecule has 1 nitrogen and oxygen atoms in total. The van der Waals surface area contributed by atoms with Gasteiger partial charge in [-0.1, -0.05) is 192 Å². The maximum Gasteiger partial charge on any atom is 0.0544 e. The van der Waals surface area contributed by atoms with Crippen LogP contribution in [0.15, 0.2) is 176 Å². The average molecular weight is 786 g/mol. The van der Waals surface area contributed by atoms with E-state index in [0.29, 0.717) is 17.8 Å². The highest BCUT2D eigenvalue weighted by atomic mass is 15.0. The van der Waals surface area contributed by atoms with Crippen molar-refractivity contribution in [2.75, 3.05) is 0 Å². The zero-order chi connectivity index (χ0) is 41.0. The van der Waals surface area contributed by atoms with Gasteiger partial charge in [0.15, 0.2) is 0 Å². The Morgan fingerprint density at radius 2 is 1.44 bits per heavy atom. The summed E-state index contributed by atoms with van der Waals surface area (Å²) in [4.78, 5) is 0. The van der Waals surface area contributed by atoms with Gasteiger partial charge in [-0.25, -0.2) is 0 Å². The fourth-order valence-corrected chi connectivity index (χ4v) is 11.9. The lowest BCUT2D eigenvalue weighted by Gasteiger charge is -2.29. The first-order valence-corrected chi connectivity index (χ1v) is 22.4. The summed E-state index contributed by atoms with van der Waals surface area (Å²) in [7, 11) is 0. The number of fused-ring (bicyclic) bond motifs is 11. The summed E-state index contributed by atoms with van der Waals surface area (Å²) >= 11 is 0. The first-order chi connectivity index (χ1) is 29.8. The van der Waals surface area contributed by atoms with Gasteiger partial charge in [-0.2, -0.15) is 0 Å². The van der Waals surface area contributed by atoms with E-state index < -0.39 is 0 Å². The molecule has 0 aliphatic heterocycles. The van der Waals surface area contributed by atoms with E-state index >= 15 is 0 Å². The van der Waals surface area contributed by atoms with Crippen molar-refractivity contribution in [1.29, 1.82) is 0 Å². The minimum Gasteiger partial charge on any atom is -0.309 e. The van der Waals surface area contributed by atoms with Gasteiger partial charge in [0.05, 0.1) is 11.0 Å². The lowest BCUT2D eigenvalue weighted by Crippen LogP contribution is -2.24. The van der Waals surface area contributed by atoms with E-state index in [9.17, 15) is 0 Å². The second-order valence-corrected chi connectivity index (χ2v) is 19.2. The Kier molecular flexibility index (Phi) is 8.08. The number of allylic oxidation sites excluding steroid dienone is 10. The minimum atomic E-state index is -0.155. The zero-order valence-electron chi connectivity index (χ0n) is 35.6. The number of hydrogen-bond donors (Lipinski definition) is 0. The van der Waals surface area contributed by atoms with Crippen LogP contribution in [0.1, 0.15) is 108 Å². The highest BCUT2D eigenvalue weighted by Gasteiger charge is 2.44. The Bertz CT molecular complexity index is 3150. The molecule has 7 aromatic rings. The van der Waals surface area contributed by atoms with E-state index in [4.69, 9.17) is 0 Å². The number of aromatic nitrogens is 1. The first-order valence-electron chi connectivity index (χ1n) is 22.4. The van der Waals surface area contributed by atoms with Crippen molar-refractivity contribution < 1.29 is 0 Å². The van der Waals surface area contributed by atoms with Gasteiger partial charge in [0, 0.05) is 39.6 Å². The molecule has 0 amide bonds. The van der Waals surface area contributed by atoms with Crippen LogP contribution in [0.4, 0.5) is 0 Å². The summed E-state index contributed by atoms with van der Waals surface area (Å²) in [5, 5.41) is 2.73. The van der Waals surface area contributed by atoms with Crippen molar-refractivity contribution in [3.63, 3.8) is 0 Å². The van der Waals surface area contributed by atoms with Gasteiger partial charge >= 0.3 is 0 Å². The van der Waals surface area contributed by atoms with Gasteiger partial charge in [0.2, 0.25) is 0 Å². The van der Waals surface area contributed by atoms with Crippen molar-refractivity contribution in [2.45, 2.75) is 69.1 Å². The summed E-state index contributed by atoms with van der Waals surface area (Å²) in [6, 6.07) is 44.8. The molecule has 12 rings (SSSR count). The van der Waals surface area contributed by atoms with Gasteiger partial charge < -0.3 is 4.57 Å². The van der Waals surface area contributed by atoms with E-state index in [0.717, 1.165) is 12.8 Å². The van der Waals surface area contributed by atoms with Crippen LogP contribution in [0.5, 0.6) is 0 Å². The molecule has 0 N–H and O–H groups in total. The molecule has 4 atom stereocenters. The van der Waals surface area contributed by atoms with Crippen molar-refractivity contribution in [1.82, 2.24) is 4.57 Å². The molecule has 296 valence electrons. The highest BCUT2D eigenvalue weighted by molar-refractivity contribution is 6.12. The molecule has 5 aliphatic rings. The average Bonchev–Trinajstić information content (AvgIpc) is 4.02. The van der Waals surface area contributed by atoms with E-state index in [1.165, 1.54) is 94.3 Å². The van der Waals surface area contributed by atoms with Crippen molar-refractivity contribution in [3.8, 4) is 16.8 Å². The molecule has 5 aliphatic carbocycles. The molecule has 0 saturated heterocycles. The van der Waals surface area contributed by atoms with Crippen LogP contribution in [0.25, 0.3) is 50.8 Å². The molecule has 0 fully saturated rings. The first kappa shape index (κ1) is 36.4. The van der Waals surface area contributed by atoms with Crippen LogP contribution >= 0.6 is 0 Å². The van der Waals surface area contributed by atoms with Crippen LogP contribution in [-0.2, 0) is 17.3 Å². The third-order valence-electron chi connectivity index (χ3n) is 15.2. The molecular formula is C60H51N. The lowest BCUT2D eigenvalue weighted by molar-refractivity contribution is 0.394. The van der Waals surface area contributed by atoms with Crippen LogP contribution in [0.2, 0.25) is 0 Å². The standard InChI is InChI=1S/C60H51N/c1-59(2)52-19-10-8-16-47(52)49-32-27-43(36-54(49)59)45(42-25-23-40(24-26-42)39-13-6-5-7-14-39)30-21-38-22-31-48-50-33-29-44(37-55(50)60(3,4)53(48)35-38)61-56-20-11-9-17-51(56)58-46-18-12-15-41(46)28-34-57(58)61/h5-13,15-17,19-37,39,45,47,52H,14,18H2,1-4H3/b30-21+. The summed E-state index contributed by atoms with van der Waals surface area (Å²) in [5.41, 5.74) is 20.3. The maximum absolute atomic E-state index is 2.54. The van der Waals surface area contributed by atoms with Crippen molar-refractivity contribution >= 4 is 34.0 Å². The summed E-state index contributed by atoms with van der Waals surface area (Å²) in [6.45, 7) is 9.70. The lowest BCUT2D eigenvalue weighted by atomic mass is 9.74. The topological polar surface area (TPSA) is 4.93 Å². The van der Waals surface area contributed by atoms with Crippen LogP contribution in [-0.4, -0.2) is 4.57 Å². The molecule has 4 unspecified atom stereocenters. The van der Waals surface area contributed by atoms with Crippen LogP contribution < -0.4 is 0 Å². The van der Waals surface area contributed by atoms with Gasteiger partial charge in [0.1, 0.15) is 0 Å². The van der Waals surface area contributed by atoms with Crippen LogP contribution in [0.3, 0.4) is 0 Å². The van der Waals surface area contributed by atoms with Crippen molar-refractivity contribution in [3.05, 3.63) is 232 Å². The number of para-hydroxylation sites is 1. The predicted octanol–water partition coefficient (Wildman–Crippen LogP) is 15.2. The van der Waals surface area contributed by atoms with E-state index in [-0.39, 0.29) is 16.7 Å². The molecule has 1 heterocycles. The third kappa shape index (κ3) is 5.52. The SMILES string of the molecule is CC1(C)c2cc(/C=C/C(c3ccc(C4C=CC=CC4)cc3)c3ccc4c(c3)C(C)(C)C3C=CC=CC43)ccc2-c2ccc(-n3c4ccccc4c4c5c(ccc43)C=CC5)cc21. The molecular weight excluding hydrogens is 735 g/mol. The minimum absolute atomic E-state index is 0.0652. The molecule has 1 heteroatoms. The number of rotatable bonds is 6. The predicted molar refractivity (Wildman–Crippen MR) is 258 cm³/mol. The van der Waals surface area contributed by atoms with E-state index in [2.05, 4.69) is 220 Å². The number of nitrogens with zero attached hydrogens (tertiary/aromatic N) is 1. The smallest absolute Gasteiger partial charge is 0.0544 e. The highest BCUT2D eigenvalue weighted by Crippen LogP contribution is 2.54. The molecule has 61 heavy (non-hydrogen) atoms. The Balaban J connectivity index is 0.915. The molecule has 0 radical (unpaired) electrons. The third-order valence-corrected chi connectivity index (χ3v) is 15.2. The summed E-state index contributed by atoms with van der Waals surface area (Å²) < 4.78 is 2.49. The van der Waals surface area contributed by atoms with Gasteiger partial charge in [0.25, 0.3) is 0 Å². The number of hydrogen-bond acceptors (Lipinski definition) is 0. The van der Waals surface area contributed by atoms with Gasteiger partial charge in [-0.05, 0) is 115 Å². The second-order valence-electron chi connectivity index (χ2n) is 19.2. The zero-order valence-corrected chi connectivity index (χ0v) is 35.6. The fraction of sp³-hybridized carbons (Fsp3) is 0.200. The monoisotopic (exact) mass is 785 g/mol. The summed E-state index contributed by atoms with van der Waals surface area (Å²) in [5.74, 6) is 1.50. The molecule has 6 aromatic carbocycles. The fourth-order valence-electron chi connectivity index (χ4n) is 11.9. The summed E-state index contributed by atoms with van der Waals surface area (Å²) in [6.07, 6.45) is 29.7. The largest absolute Gasteiger partial charge is 0.309 e. The van der Waals surface area contributed by atoms with Gasteiger partial charge in [-0.3, -0.25) is 0 Å².